The van der Waals surface area contributed by atoms with Gasteiger partial charge in [-0.15, -0.1) is 0 Å². The molecule has 0 aliphatic carbocycles. The molecule has 0 bridgehead atoms. The predicted octanol–water partition coefficient (Wildman–Crippen LogP) is 1.60. The normalized spacial score (nSPS) is 11.6. The van der Waals surface area contributed by atoms with Crippen LogP contribution in [0.15, 0.2) is 29.4 Å². The molecule has 2 N–H and O–H groups in total. The Morgan fingerprint density at radius 2 is 1.86 bits per heavy atom. The molecule has 1 aromatic carbocycles. The standard InChI is InChI=1S/C14H19N3O3S/c1-10-6-11(2)14(12(3)7-10)21(19,20)16-13-8-15-17(9-13)4-5-18/h6-9,16,18H,4-5H2,1-3H3. The molecule has 2 rings (SSSR count). The Hall–Kier alpha value is -1.86. The summed E-state index contributed by atoms with van der Waals surface area (Å²) in [6, 6.07) is 3.69. The molecule has 1 heterocycles. The molecule has 0 saturated carbocycles. The molecule has 6 nitrogen and oxygen atoms in total. The molecular formula is C14H19N3O3S. The molecule has 0 radical (unpaired) electrons. The molecule has 7 heteroatoms. The van der Waals surface area contributed by atoms with Gasteiger partial charge in [0.05, 0.1) is 29.9 Å². The van der Waals surface area contributed by atoms with E-state index in [0.717, 1.165) is 5.56 Å². The first-order valence-corrected chi connectivity index (χ1v) is 8.06. The lowest BCUT2D eigenvalue weighted by atomic mass is 10.1. The van der Waals surface area contributed by atoms with Crippen LogP contribution in [-0.2, 0) is 16.6 Å². The largest absolute Gasteiger partial charge is 0.394 e. The SMILES string of the molecule is Cc1cc(C)c(S(=O)(=O)Nc2cnn(CCO)c2)c(C)c1. The lowest BCUT2D eigenvalue weighted by Gasteiger charge is -2.12. The van der Waals surface area contributed by atoms with Crippen molar-refractivity contribution >= 4 is 15.7 Å². The number of benzene rings is 1. The Bertz CT molecular complexity index is 728. The summed E-state index contributed by atoms with van der Waals surface area (Å²) in [7, 11) is -3.66. The van der Waals surface area contributed by atoms with Gasteiger partial charge in [-0.25, -0.2) is 8.42 Å². The molecule has 21 heavy (non-hydrogen) atoms. The van der Waals surface area contributed by atoms with E-state index in [1.54, 1.807) is 20.0 Å². The molecule has 0 aliphatic heterocycles. The second kappa shape index (κ2) is 5.87. The van der Waals surface area contributed by atoms with Gasteiger partial charge in [-0.1, -0.05) is 17.7 Å². The topological polar surface area (TPSA) is 84.2 Å². The highest BCUT2D eigenvalue weighted by Gasteiger charge is 2.20. The maximum atomic E-state index is 12.5. The van der Waals surface area contributed by atoms with Gasteiger partial charge < -0.3 is 5.11 Å². The smallest absolute Gasteiger partial charge is 0.262 e. The van der Waals surface area contributed by atoms with Gasteiger partial charge >= 0.3 is 0 Å². The molecule has 2 aromatic rings. The fourth-order valence-corrected chi connectivity index (χ4v) is 3.92. The van der Waals surface area contributed by atoms with E-state index < -0.39 is 10.0 Å². The van der Waals surface area contributed by atoms with Crippen LogP contribution in [0.3, 0.4) is 0 Å². The summed E-state index contributed by atoms with van der Waals surface area (Å²) in [6.07, 6.45) is 2.97. The van der Waals surface area contributed by atoms with Crippen molar-refractivity contribution in [3.05, 3.63) is 41.2 Å². The minimum Gasteiger partial charge on any atom is -0.394 e. The Kier molecular flexibility index (Phi) is 4.34. The number of sulfonamides is 1. The predicted molar refractivity (Wildman–Crippen MR) is 80.8 cm³/mol. The summed E-state index contributed by atoms with van der Waals surface area (Å²) < 4.78 is 29.0. The van der Waals surface area contributed by atoms with Crippen LogP contribution in [0.2, 0.25) is 0 Å². The van der Waals surface area contributed by atoms with Crippen LogP contribution >= 0.6 is 0 Å². The van der Waals surface area contributed by atoms with Crippen molar-refractivity contribution in [2.45, 2.75) is 32.2 Å². The summed E-state index contributed by atoms with van der Waals surface area (Å²) in [4.78, 5) is 0.294. The van der Waals surface area contributed by atoms with E-state index in [-0.39, 0.29) is 6.61 Å². The summed E-state index contributed by atoms with van der Waals surface area (Å²) in [5, 5.41) is 12.8. The highest BCUT2D eigenvalue weighted by molar-refractivity contribution is 7.92. The van der Waals surface area contributed by atoms with Crippen LogP contribution < -0.4 is 4.72 Å². The highest BCUT2D eigenvalue weighted by atomic mass is 32.2. The molecule has 0 aliphatic rings. The van der Waals surface area contributed by atoms with Gasteiger partial charge in [0.15, 0.2) is 0 Å². The van der Waals surface area contributed by atoms with E-state index in [9.17, 15) is 8.42 Å². The summed E-state index contributed by atoms with van der Waals surface area (Å²) in [6.45, 7) is 5.77. The van der Waals surface area contributed by atoms with Crippen molar-refractivity contribution in [3.63, 3.8) is 0 Å². The molecule has 0 unspecified atom stereocenters. The number of anilines is 1. The molecular weight excluding hydrogens is 290 g/mol. The zero-order chi connectivity index (χ0) is 15.6. The van der Waals surface area contributed by atoms with E-state index >= 15 is 0 Å². The number of nitrogens with one attached hydrogen (secondary N) is 1. The summed E-state index contributed by atoms with van der Waals surface area (Å²) >= 11 is 0. The number of hydrogen-bond donors (Lipinski definition) is 2. The van der Waals surface area contributed by atoms with Crippen LogP contribution in [-0.4, -0.2) is 29.9 Å². The monoisotopic (exact) mass is 309 g/mol. The first kappa shape index (κ1) is 15.5. The Labute approximate surface area is 124 Å². The van der Waals surface area contributed by atoms with E-state index in [2.05, 4.69) is 9.82 Å². The molecule has 0 saturated heterocycles. The minimum atomic E-state index is -3.66. The first-order chi connectivity index (χ1) is 9.83. The number of aliphatic hydroxyl groups excluding tert-OH is 1. The van der Waals surface area contributed by atoms with Gasteiger partial charge in [-0.3, -0.25) is 9.40 Å². The lowest BCUT2D eigenvalue weighted by molar-refractivity contribution is 0.269. The van der Waals surface area contributed by atoms with Crippen molar-refractivity contribution in [1.29, 1.82) is 0 Å². The number of rotatable bonds is 5. The third-order valence-electron chi connectivity index (χ3n) is 3.09. The molecule has 0 atom stereocenters. The molecule has 0 fully saturated rings. The van der Waals surface area contributed by atoms with Gasteiger partial charge in [0.2, 0.25) is 0 Å². The van der Waals surface area contributed by atoms with Crippen molar-refractivity contribution in [2.24, 2.45) is 0 Å². The number of hydrogen-bond acceptors (Lipinski definition) is 4. The van der Waals surface area contributed by atoms with Crippen LogP contribution in [0.4, 0.5) is 5.69 Å². The number of nitrogens with zero attached hydrogens (tertiary/aromatic N) is 2. The third kappa shape index (κ3) is 3.43. The van der Waals surface area contributed by atoms with E-state index in [1.807, 2.05) is 19.1 Å². The van der Waals surface area contributed by atoms with Crippen LogP contribution in [0.5, 0.6) is 0 Å². The average molecular weight is 309 g/mol. The van der Waals surface area contributed by atoms with Gasteiger partial charge in [-0.05, 0) is 31.9 Å². The van der Waals surface area contributed by atoms with Crippen molar-refractivity contribution in [2.75, 3.05) is 11.3 Å². The zero-order valence-corrected chi connectivity index (χ0v) is 13.1. The van der Waals surface area contributed by atoms with Gasteiger partial charge in [-0.2, -0.15) is 5.10 Å². The number of aryl methyl sites for hydroxylation is 3. The highest BCUT2D eigenvalue weighted by Crippen LogP contribution is 2.24. The maximum absolute atomic E-state index is 12.5. The molecule has 1 aromatic heterocycles. The summed E-state index contributed by atoms with van der Waals surface area (Å²) in [5.74, 6) is 0. The van der Waals surface area contributed by atoms with E-state index in [4.69, 9.17) is 5.11 Å². The molecule has 0 amide bonds. The average Bonchev–Trinajstić information content (AvgIpc) is 2.74. The Morgan fingerprint density at radius 1 is 1.24 bits per heavy atom. The van der Waals surface area contributed by atoms with E-state index in [1.165, 1.54) is 10.9 Å². The fourth-order valence-electron chi connectivity index (χ4n) is 2.44. The maximum Gasteiger partial charge on any atom is 0.262 e. The van der Waals surface area contributed by atoms with E-state index in [0.29, 0.717) is 28.3 Å². The van der Waals surface area contributed by atoms with Gasteiger partial charge in [0, 0.05) is 6.20 Å². The van der Waals surface area contributed by atoms with Crippen molar-refractivity contribution < 1.29 is 13.5 Å². The second-order valence-electron chi connectivity index (χ2n) is 5.05. The van der Waals surface area contributed by atoms with Gasteiger partial charge in [0.25, 0.3) is 10.0 Å². The Morgan fingerprint density at radius 3 is 2.43 bits per heavy atom. The van der Waals surface area contributed by atoms with Crippen LogP contribution in [0.1, 0.15) is 16.7 Å². The zero-order valence-electron chi connectivity index (χ0n) is 12.3. The van der Waals surface area contributed by atoms with Crippen molar-refractivity contribution in [1.82, 2.24) is 9.78 Å². The first-order valence-electron chi connectivity index (χ1n) is 6.57. The minimum absolute atomic E-state index is 0.0515. The molecule has 114 valence electrons. The van der Waals surface area contributed by atoms with Crippen LogP contribution in [0, 0.1) is 20.8 Å². The molecule has 0 spiro atoms. The van der Waals surface area contributed by atoms with Gasteiger partial charge in [0.1, 0.15) is 0 Å². The second-order valence-corrected chi connectivity index (χ2v) is 6.67. The quantitative estimate of drug-likeness (QED) is 0.878. The van der Waals surface area contributed by atoms with Crippen molar-refractivity contribution in [3.8, 4) is 0 Å². The number of aromatic nitrogens is 2. The number of aliphatic hydroxyl groups is 1. The fraction of sp³-hybridized carbons (Fsp3) is 0.357. The van der Waals surface area contributed by atoms with Crippen LogP contribution in [0.25, 0.3) is 0 Å². The summed E-state index contributed by atoms with van der Waals surface area (Å²) in [5.41, 5.74) is 2.83. The third-order valence-corrected chi connectivity index (χ3v) is 4.77. The Balaban J connectivity index is 2.34. The lowest BCUT2D eigenvalue weighted by Crippen LogP contribution is -2.15.